The zero-order valence-electron chi connectivity index (χ0n) is 15.6. The molecule has 2 aromatic rings. The van der Waals surface area contributed by atoms with E-state index < -0.39 is 0 Å². The molecule has 1 saturated heterocycles. The van der Waals surface area contributed by atoms with Gasteiger partial charge in [-0.05, 0) is 12.1 Å². The van der Waals surface area contributed by atoms with Gasteiger partial charge in [0.1, 0.15) is 13.2 Å². The van der Waals surface area contributed by atoms with Gasteiger partial charge in [-0.2, -0.15) is 0 Å². The van der Waals surface area contributed by atoms with Crippen molar-refractivity contribution in [1.29, 1.82) is 0 Å². The molecule has 2 aliphatic heterocycles. The first-order valence-electron chi connectivity index (χ1n) is 9.41. The maximum absolute atomic E-state index is 12.5. The molecule has 2 aliphatic rings. The highest BCUT2D eigenvalue weighted by Crippen LogP contribution is 2.37. The van der Waals surface area contributed by atoms with Gasteiger partial charge in [0.2, 0.25) is 5.91 Å². The van der Waals surface area contributed by atoms with Crippen molar-refractivity contribution in [3.63, 3.8) is 0 Å². The SMILES string of the molecule is O=C(CN1CCN(Cc2ccccn2)CC1)Nc1cc2c(cc1Cl)OCCO2. The molecule has 0 aliphatic carbocycles. The Bertz CT molecular complexity index is 826. The lowest BCUT2D eigenvalue weighted by atomic mass is 10.2. The Hall–Kier alpha value is -2.35. The van der Waals surface area contributed by atoms with E-state index in [1.807, 2.05) is 24.4 Å². The lowest BCUT2D eigenvalue weighted by molar-refractivity contribution is -0.117. The molecule has 7 nitrogen and oxygen atoms in total. The zero-order valence-corrected chi connectivity index (χ0v) is 16.3. The van der Waals surface area contributed by atoms with Crippen LogP contribution in [-0.2, 0) is 11.3 Å². The van der Waals surface area contributed by atoms with E-state index >= 15 is 0 Å². The number of nitrogens with one attached hydrogen (secondary N) is 1. The second-order valence-corrected chi connectivity index (χ2v) is 7.30. The molecule has 8 heteroatoms. The summed E-state index contributed by atoms with van der Waals surface area (Å²) in [6, 6.07) is 9.37. The number of fused-ring (bicyclic) bond motifs is 1. The van der Waals surface area contributed by atoms with Crippen LogP contribution in [0.5, 0.6) is 11.5 Å². The largest absolute Gasteiger partial charge is 0.486 e. The number of anilines is 1. The standard InChI is InChI=1S/C20H23ClN4O3/c21-16-11-18-19(28-10-9-27-18)12-17(16)23-20(26)14-25-7-5-24(6-8-25)13-15-3-1-2-4-22-15/h1-4,11-12H,5-10,13-14H2,(H,23,26). The summed E-state index contributed by atoms with van der Waals surface area (Å²) in [5.41, 5.74) is 1.62. The number of nitrogens with zero attached hydrogens (tertiary/aromatic N) is 3. The van der Waals surface area contributed by atoms with E-state index in [4.69, 9.17) is 21.1 Å². The number of hydrogen-bond donors (Lipinski definition) is 1. The van der Waals surface area contributed by atoms with E-state index in [0.29, 0.717) is 42.0 Å². The summed E-state index contributed by atoms with van der Waals surface area (Å²) < 4.78 is 11.1. The highest BCUT2D eigenvalue weighted by Gasteiger charge is 2.21. The van der Waals surface area contributed by atoms with Crippen LogP contribution in [0.25, 0.3) is 0 Å². The van der Waals surface area contributed by atoms with Crippen molar-refractivity contribution in [3.8, 4) is 11.5 Å². The fourth-order valence-electron chi connectivity index (χ4n) is 3.38. The van der Waals surface area contributed by atoms with E-state index in [1.54, 1.807) is 12.1 Å². The Morgan fingerprint density at radius 3 is 2.50 bits per heavy atom. The first-order valence-corrected chi connectivity index (χ1v) is 9.79. The van der Waals surface area contributed by atoms with Crippen LogP contribution in [0.1, 0.15) is 5.69 Å². The molecule has 0 bridgehead atoms. The molecule has 0 saturated carbocycles. The van der Waals surface area contributed by atoms with Crippen molar-refractivity contribution in [2.75, 3.05) is 51.3 Å². The number of halogens is 1. The van der Waals surface area contributed by atoms with Gasteiger partial charge in [0, 0.05) is 51.1 Å². The van der Waals surface area contributed by atoms with E-state index in [1.165, 1.54) is 0 Å². The molecule has 28 heavy (non-hydrogen) atoms. The number of amides is 1. The van der Waals surface area contributed by atoms with Gasteiger partial charge >= 0.3 is 0 Å². The van der Waals surface area contributed by atoms with E-state index in [-0.39, 0.29) is 5.91 Å². The van der Waals surface area contributed by atoms with Crippen LogP contribution in [0.3, 0.4) is 0 Å². The number of ether oxygens (including phenoxy) is 2. The number of aromatic nitrogens is 1. The number of carbonyl (C=O) groups excluding carboxylic acids is 1. The maximum atomic E-state index is 12.5. The van der Waals surface area contributed by atoms with Crippen molar-refractivity contribution in [1.82, 2.24) is 14.8 Å². The minimum absolute atomic E-state index is 0.0863. The molecule has 1 N–H and O–H groups in total. The number of pyridine rings is 1. The first kappa shape index (κ1) is 19.0. The Balaban J connectivity index is 1.27. The summed E-state index contributed by atoms with van der Waals surface area (Å²) in [7, 11) is 0. The molecule has 0 unspecified atom stereocenters. The summed E-state index contributed by atoms with van der Waals surface area (Å²) in [6.45, 7) is 5.68. The average Bonchev–Trinajstić information content (AvgIpc) is 2.71. The predicted molar refractivity (Wildman–Crippen MR) is 107 cm³/mol. The number of benzene rings is 1. The zero-order chi connectivity index (χ0) is 19.3. The molecular weight excluding hydrogens is 380 g/mol. The van der Waals surface area contributed by atoms with Gasteiger partial charge in [-0.3, -0.25) is 19.6 Å². The van der Waals surface area contributed by atoms with Gasteiger partial charge in [0.05, 0.1) is 22.9 Å². The summed E-state index contributed by atoms with van der Waals surface area (Å²) in [6.07, 6.45) is 1.82. The van der Waals surface area contributed by atoms with E-state index in [0.717, 1.165) is 38.4 Å². The Labute approximate surface area is 169 Å². The molecule has 0 radical (unpaired) electrons. The number of carbonyl (C=O) groups is 1. The highest BCUT2D eigenvalue weighted by molar-refractivity contribution is 6.34. The van der Waals surface area contributed by atoms with Crippen molar-refractivity contribution >= 4 is 23.2 Å². The summed E-state index contributed by atoms with van der Waals surface area (Å²) in [5, 5.41) is 3.33. The molecule has 0 spiro atoms. The normalized spacial score (nSPS) is 17.3. The average molecular weight is 403 g/mol. The summed E-state index contributed by atoms with van der Waals surface area (Å²) in [4.78, 5) is 21.3. The Morgan fingerprint density at radius 2 is 1.79 bits per heavy atom. The van der Waals surface area contributed by atoms with Crippen LogP contribution < -0.4 is 14.8 Å². The first-order chi connectivity index (χ1) is 13.7. The van der Waals surface area contributed by atoms with Crippen molar-refractivity contribution in [3.05, 3.63) is 47.2 Å². The van der Waals surface area contributed by atoms with Crippen LogP contribution in [-0.4, -0.2) is 66.6 Å². The second kappa shape index (κ2) is 8.77. The minimum Gasteiger partial charge on any atom is -0.486 e. The highest BCUT2D eigenvalue weighted by atomic mass is 35.5. The molecule has 3 heterocycles. The molecule has 148 valence electrons. The number of piperazine rings is 1. The summed E-state index contributed by atoms with van der Waals surface area (Å²) in [5.74, 6) is 1.13. The van der Waals surface area contributed by atoms with Gasteiger partial charge in [-0.25, -0.2) is 0 Å². The van der Waals surface area contributed by atoms with Gasteiger partial charge in [-0.15, -0.1) is 0 Å². The van der Waals surface area contributed by atoms with E-state index in [9.17, 15) is 4.79 Å². The molecule has 1 aromatic carbocycles. The van der Waals surface area contributed by atoms with Crippen LogP contribution in [0.2, 0.25) is 5.02 Å². The van der Waals surface area contributed by atoms with Crippen LogP contribution >= 0.6 is 11.6 Å². The van der Waals surface area contributed by atoms with Crippen LogP contribution in [0.15, 0.2) is 36.5 Å². The lowest BCUT2D eigenvalue weighted by Gasteiger charge is -2.34. The van der Waals surface area contributed by atoms with Crippen LogP contribution in [0.4, 0.5) is 5.69 Å². The van der Waals surface area contributed by atoms with Gasteiger partial charge in [0.15, 0.2) is 11.5 Å². The van der Waals surface area contributed by atoms with E-state index in [2.05, 4.69) is 20.1 Å². The van der Waals surface area contributed by atoms with Gasteiger partial charge in [0.25, 0.3) is 0 Å². The molecule has 1 amide bonds. The Kier molecular flexibility index (Phi) is 5.95. The fraction of sp³-hybridized carbons (Fsp3) is 0.400. The van der Waals surface area contributed by atoms with Gasteiger partial charge in [-0.1, -0.05) is 17.7 Å². The third-order valence-electron chi connectivity index (χ3n) is 4.85. The monoisotopic (exact) mass is 402 g/mol. The Morgan fingerprint density at radius 1 is 1.07 bits per heavy atom. The summed E-state index contributed by atoms with van der Waals surface area (Å²) >= 11 is 6.27. The fourth-order valence-corrected chi connectivity index (χ4v) is 3.58. The third kappa shape index (κ3) is 4.73. The third-order valence-corrected chi connectivity index (χ3v) is 5.16. The van der Waals surface area contributed by atoms with Crippen LogP contribution in [0, 0.1) is 0 Å². The molecular formula is C20H23ClN4O3. The minimum atomic E-state index is -0.0863. The second-order valence-electron chi connectivity index (χ2n) is 6.90. The lowest BCUT2D eigenvalue weighted by Crippen LogP contribution is -2.48. The quantitative estimate of drug-likeness (QED) is 0.827. The van der Waals surface area contributed by atoms with Crippen molar-refractivity contribution in [2.45, 2.75) is 6.54 Å². The van der Waals surface area contributed by atoms with Crippen molar-refractivity contribution in [2.24, 2.45) is 0 Å². The number of hydrogen-bond acceptors (Lipinski definition) is 6. The van der Waals surface area contributed by atoms with Crippen molar-refractivity contribution < 1.29 is 14.3 Å². The van der Waals surface area contributed by atoms with Gasteiger partial charge < -0.3 is 14.8 Å². The number of rotatable bonds is 5. The molecule has 4 rings (SSSR count). The maximum Gasteiger partial charge on any atom is 0.238 e. The molecule has 1 aromatic heterocycles. The molecule has 0 atom stereocenters. The predicted octanol–water partition coefficient (Wildman–Crippen LogP) is 2.26. The topological polar surface area (TPSA) is 66.9 Å². The molecule has 1 fully saturated rings. The smallest absolute Gasteiger partial charge is 0.238 e.